The van der Waals surface area contributed by atoms with Crippen LogP contribution in [-0.2, 0) is 9.59 Å². The fourth-order valence-corrected chi connectivity index (χ4v) is 4.28. The molecule has 8 heteroatoms. The van der Waals surface area contributed by atoms with Gasteiger partial charge >= 0.3 is 0 Å². The van der Waals surface area contributed by atoms with E-state index in [1.807, 2.05) is 47.8 Å². The fourth-order valence-electron chi connectivity index (χ4n) is 3.13. The van der Waals surface area contributed by atoms with Crippen molar-refractivity contribution in [2.75, 3.05) is 10.6 Å². The molecule has 0 unspecified atom stereocenters. The van der Waals surface area contributed by atoms with E-state index in [0.717, 1.165) is 21.8 Å². The van der Waals surface area contributed by atoms with Crippen molar-refractivity contribution in [3.63, 3.8) is 0 Å². The molecule has 33 heavy (non-hydrogen) atoms. The molecule has 4 rings (SSSR count). The second kappa shape index (κ2) is 10.4. The number of amides is 2. The van der Waals surface area contributed by atoms with Crippen LogP contribution in [0.15, 0.2) is 78.2 Å². The summed E-state index contributed by atoms with van der Waals surface area (Å²) in [5.41, 5.74) is 3.61. The summed E-state index contributed by atoms with van der Waals surface area (Å²) in [5.74, 6) is -0.983. The van der Waals surface area contributed by atoms with Crippen LogP contribution in [0.25, 0.3) is 21.8 Å². The molecule has 0 saturated carbocycles. The molecule has 2 amide bonds. The van der Waals surface area contributed by atoms with Gasteiger partial charge in [0.15, 0.2) is 0 Å². The first kappa shape index (κ1) is 22.6. The second-order valence-corrected chi connectivity index (χ2v) is 8.47. The first-order valence-corrected chi connectivity index (χ1v) is 11.4. The molecule has 0 radical (unpaired) electrons. The van der Waals surface area contributed by atoms with Gasteiger partial charge in [0, 0.05) is 40.7 Å². The lowest BCUT2D eigenvalue weighted by Crippen LogP contribution is -2.17. The first-order chi connectivity index (χ1) is 16.0. The lowest BCUT2D eigenvalue weighted by atomic mass is 10.1. The average molecular weight is 480 g/mol. The van der Waals surface area contributed by atoms with Crippen LogP contribution in [0.5, 0.6) is 0 Å². The van der Waals surface area contributed by atoms with Crippen molar-refractivity contribution in [3.8, 4) is 21.8 Å². The molecule has 1 aromatic heterocycles. The molecule has 0 saturated heterocycles. The van der Waals surface area contributed by atoms with E-state index in [-0.39, 0.29) is 30.5 Å². The molecule has 2 N–H and O–H groups in total. The summed E-state index contributed by atoms with van der Waals surface area (Å²) in [6.07, 6.45) is 0.0286. The third kappa shape index (κ3) is 6.03. The summed E-state index contributed by atoms with van der Waals surface area (Å²) in [5, 5.41) is 8.85. The van der Waals surface area contributed by atoms with E-state index in [0.29, 0.717) is 16.4 Å². The standard InChI is InChI=1S/C25H19ClFN3O2S/c26-21-7-2-1-6-20(21)25-30-22(15-33-25)16-4-3-5-19(14-16)29-24(32)13-12-23(31)28-18-10-8-17(27)9-11-18/h1-11,14-15H,12-13H2,(H,28,31)(H,29,32). The normalized spacial score (nSPS) is 10.6. The number of hydrogen-bond acceptors (Lipinski definition) is 4. The van der Waals surface area contributed by atoms with Crippen molar-refractivity contribution in [1.82, 2.24) is 4.98 Å². The van der Waals surface area contributed by atoms with Crippen LogP contribution in [0.1, 0.15) is 12.8 Å². The Hall–Kier alpha value is -3.55. The van der Waals surface area contributed by atoms with Gasteiger partial charge in [-0.2, -0.15) is 0 Å². The highest BCUT2D eigenvalue weighted by Crippen LogP contribution is 2.33. The summed E-state index contributed by atoms with van der Waals surface area (Å²) in [7, 11) is 0. The number of nitrogens with zero attached hydrogens (tertiary/aromatic N) is 1. The Morgan fingerprint density at radius 3 is 2.30 bits per heavy atom. The van der Waals surface area contributed by atoms with Crippen molar-refractivity contribution in [1.29, 1.82) is 0 Å². The minimum atomic E-state index is -0.382. The molecule has 0 aliphatic heterocycles. The van der Waals surface area contributed by atoms with Crippen molar-refractivity contribution < 1.29 is 14.0 Å². The zero-order valence-corrected chi connectivity index (χ0v) is 18.9. The van der Waals surface area contributed by atoms with Crippen molar-refractivity contribution >= 4 is 46.1 Å². The average Bonchev–Trinajstić information content (AvgIpc) is 3.30. The topological polar surface area (TPSA) is 71.1 Å². The highest BCUT2D eigenvalue weighted by atomic mass is 35.5. The van der Waals surface area contributed by atoms with Crippen LogP contribution in [0.4, 0.5) is 15.8 Å². The highest BCUT2D eigenvalue weighted by molar-refractivity contribution is 7.13. The molecule has 3 aromatic carbocycles. The quantitative estimate of drug-likeness (QED) is 0.312. The summed E-state index contributed by atoms with van der Waals surface area (Å²) in [6.45, 7) is 0. The van der Waals surface area contributed by atoms with Gasteiger partial charge in [-0.25, -0.2) is 9.37 Å². The third-order valence-corrected chi connectivity index (χ3v) is 5.96. The van der Waals surface area contributed by atoms with E-state index in [1.54, 1.807) is 6.07 Å². The van der Waals surface area contributed by atoms with Crippen molar-refractivity contribution in [2.24, 2.45) is 0 Å². The van der Waals surface area contributed by atoms with Crippen molar-refractivity contribution in [3.05, 3.63) is 89.0 Å². The van der Waals surface area contributed by atoms with Gasteiger partial charge in [-0.3, -0.25) is 9.59 Å². The molecule has 1 heterocycles. The van der Waals surface area contributed by atoms with Crippen molar-refractivity contribution in [2.45, 2.75) is 12.8 Å². The van der Waals surface area contributed by atoms with Gasteiger partial charge in [-0.1, -0.05) is 41.9 Å². The Bertz CT molecular complexity index is 1290. The van der Waals surface area contributed by atoms with Crippen LogP contribution < -0.4 is 10.6 Å². The molecule has 0 fully saturated rings. The van der Waals surface area contributed by atoms with Gasteiger partial charge in [0.2, 0.25) is 11.8 Å². The van der Waals surface area contributed by atoms with Gasteiger partial charge in [-0.15, -0.1) is 11.3 Å². The minimum absolute atomic E-state index is 0.0101. The largest absolute Gasteiger partial charge is 0.326 e. The number of nitrogens with one attached hydrogen (secondary N) is 2. The van der Waals surface area contributed by atoms with Crippen LogP contribution in [0.2, 0.25) is 5.02 Å². The first-order valence-electron chi connectivity index (χ1n) is 10.1. The Morgan fingerprint density at radius 1 is 0.879 bits per heavy atom. The van der Waals surface area contributed by atoms with E-state index < -0.39 is 0 Å². The van der Waals surface area contributed by atoms with Crippen LogP contribution in [0, 0.1) is 5.82 Å². The van der Waals surface area contributed by atoms with Gasteiger partial charge in [-0.05, 0) is 42.5 Å². The van der Waals surface area contributed by atoms with Gasteiger partial charge in [0.25, 0.3) is 0 Å². The number of carbonyl (C=O) groups excluding carboxylic acids is 2. The Balaban J connectivity index is 1.35. The van der Waals surface area contributed by atoms with E-state index in [1.165, 1.54) is 35.6 Å². The molecule has 0 bridgehead atoms. The van der Waals surface area contributed by atoms with E-state index >= 15 is 0 Å². The summed E-state index contributed by atoms with van der Waals surface area (Å²) >= 11 is 7.77. The molecule has 0 aliphatic carbocycles. The zero-order valence-electron chi connectivity index (χ0n) is 17.3. The predicted molar refractivity (Wildman–Crippen MR) is 131 cm³/mol. The maximum absolute atomic E-state index is 12.9. The molecule has 166 valence electrons. The number of rotatable bonds is 7. The van der Waals surface area contributed by atoms with E-state index in [9.17, 15) is 14.0 Å². The van der Waals surface area contributed by atoms with Gasteiger partial charge < -0.3 is 10.6 Å². The maximum Gasteiger partial charge on any atom is 0.224 e. The molecule has 0 atom stereocenters. The zero-order chi connectivity index (χ0) is 23.2. The van der Waals surface area contributed by atoms with Gasteiger partial charge in [0.1, 0.15) is 10.8 Å². The van der Waals surface area contributed by atoms with Crippen LogP contribution in [-0.4, -0.2) is 16.8 Å². The number of thiazole rings is 1. The Kier molecular flexibility index (Phi) is 7.12. The van der Waals surface area contributed by atoms with E-state index in [2.05, 4.69) is 15.6 Å². The molecule has 5 nitrogen and oxygen atoms in total. The highest BCUT2D eigenvalue weighted by Gasteiger charge is 2.11. The number of anilines is 2. The third-order valence-electron chi connectivity index (χ3n) is 4.76. The fraction of sp³-hybridized carbons (Fsp3) is 0.0800. The number of halogens is 2. The lowest BCUT2D eigenvalue weighted by Gasteiger charge is -2.08. The summed E-state index contributed by atoms with van der Waals surface area (Å²) < 4.78 is 12.9. The predicted octanol–water partition coefficient (Wildman–Crippen LogP) is 6.63. The molecule has 4 aromatic rings. The maximum atomic E-state index is 12.9. The Labute approximate surface area is 199 Å². The number of benzene rings is 3. The lowest BCUT2D eigenvalue weighted by molar-refractivity contribution is -0.121. The number of carbonyl (C=O) groups is 2. The van der Waals surface area contributed by atoms with Gasteiger partial charge in [0.05, 0.1) is 10.7 Å². The summed E-state index contributed by atoms with van der Waals surface area (Å²) in [6, 6.07) is 20.4. The molecular weight excluding hydrogens is 461 g/mol. The van der Waals surface area contributed by atoms with Crippen LogP contribution >= 0.6 is 22.9 Å². The minimum Gasteiger partial charge on any atom is -0.326 e. The monoisotopic (exact) mass is 479 g/mol. The molecular formula is C25H19ClFN3O2S. The smallest absolute Gasteiger partial charge is 0.224 e. The molecule has 0 aliphatic rings. The second-order valence-electron chi connectivity index (χ2n) is 7.20. The number of hydrogen-bond donors (Lipinski definition) is 2. The summed E-state index contributed by atoms with van der Waals surface area (Å²) in [4.78, 5) is 29.0. The Morgan fingerprint density at radius 2 is 1.58 bits per heavy atom. The van der Waals surface area contributed by atoms with Crippen LogP contribution in [0.3, 0.4) is 0 Å². The van der Waals surface area contributed by atoms with E-state index in [4.69, 9.17) is 11.6 Å². The SMILES string of the molecule is O=C(CCC(=O)Nc1cccc(-c2csc(-c3ccccc3Cl)n2)c1)Nc1ccc(F)cc1. The molecule has 0 spiro atoms. The number of aromatic nitrogens is 1.